The number of nitrogens with zero attached hydrogens (tertiary/aromatic N) is 2. The molecule has 0 amide bonds. The van der Waals surface area contributed by atoms with Crippen molar-refractivity contribution < 1.29 is 4.92 Å². The topological polar surface area (TPSA) is 68.1 Å². The Morgan fingerprint density at radius 3 is 2.92 bits per heavy atom. The first kappa shape index (κ1) is 9.18. The van der Waals surface area contributed by atoms with E-state index in [1.165, 1.54) is 12.3 Å². The van der Waals surface area contributed by atoms with E-state index in [2.05, 4.69) is 16.9 Å². The lowest BCUT2D eigenvalue weighted by atomic mass is 10.2. The normalized spacial score (nSPS) is 9.31. The minimum absolute atomic E-state index is 0.0417. The monoisotopic (exact) mass is 179 g/mol. The molecule has 5 nitrogen and oxygen atoms in total. The van der Waals surface area contributed by atoms with Crippen molar-refractivity contribution in [1.82, 2.24) is 4.98 Å². The molecule has 68 valence electrons. The molecule has 0 unspecified atom stereocenters. The molecular weight excluding hydrogens is 170 g/mol. The highest BCUT2D eigenvalue weighted by atomic mass is 16.6. The van der Waals surface area contributed by atoms with E-state index in [-0.39, 0.29) is 11.5 Å². The van der Waals surface area contributed by atoms with E-state index in [1.54, 1.807) is 13.1 Å². The van der Waals surface area contributed by atoms with Crippen LogP contribution in [0.3, 0.4) is 0 Å². The van der Waals surface area contributed by atoms with Gasteiger partial charge >= 0.3 is 5.69 Å². The largest absolute Gasteiger partial charge is 0.367 e. The highest BCUT2D eigenvalue weighted by Crippen LogP contribution is 2.26. The first-order valence-corrected chi connectivity index (χ1v) is 3.64. The van der Waals surface area contributed by atoms with E-state index >= 15 is 0 Å². The molecule has 0 aliphatic rings. The van der Waals surface area contributed by atoms with Gasteiger partial charge in [-0.05, 0) is 6.07 Å². The van der Waals surface area contributed by atoms with Crippen molar-refractivity contribution in [3.8, 4) is 0 Å². The van der Waals surface area contributed by atoms with Crippen LogP contribution < -0.4 is 5.32 Å². The summed E-state index contributed by atoms with van der Waals surface area (Å²) in [7, 11) is 1.59. The van der Waals surface area contributed by atoms with Crippen molar-refractivity contribution in [1.29, 1.82) is 0 Å². The zero-order valence-electron chi connectivity index (χ0n) is 7.15. The number of rotatable bonds is 3. The van der Waals surface area contributed by atoms with Gasteiger partial charge in [-0.1, -0.05) is 12.7 Å². The third kappa shape index (κ3) is 1.64. The maximum atomic E-state index is 10.6. The summed E-state index contributed by atoms with van der Waals surface area (Å²) in [4.78, 5) is 14.0. The summed E-state index contributed by atoms with van der Waals surface area (Å²) in [5.74, 6) is 0.252. The Hall–Kier alpha value is -1.91. The van der Waals surface area contributed by atoms with Gasteiger partial charge in [-0.15, -0.1) is 0 Å². The van der Waals surface area contributed by atoms with E-state index in [0.717, 1.165) is 0 Å². The summed E-state index contributed by atoms with van der Waals surface area (Å²) in [6.45, 7) is 3.49. The minimum Gasteiger partial charge on any atom is -0.367 e. The molecule has 0 aliphatic heterocycles. The average Bonchev–Trinajstić information content (AvgIpc) is 2.16. The van der Waals surface area contributed by atoms with Gasteiger partial charge in [0.25, 0.3) is 0 Å². The van der Waals surface area contributed by atoms with Gasteiger partial charge in [0.1, 0.15) is 0 Å². The van der Waals surface area contributed by atoms with Crippen molar-refractivity contribution in [3.63, 3.8) is 0 Å². The van der Waals surface area contributed by atoms with Gasteiger partial charge in [0.2, 0.25) is 5.82 Å². The van der Waals surface area contributed by atoms with Gasteiger partial charge in [0.15, 0.2) is 0 Å². The Kier molecular flexibility index (Phi) is 2.59. The molecule has 0 saturated heterocycles. The lowest BCUT2D eigenvalue weighted by molar-refractivity contribution is -0.384. The van der Waals surface area contributed by atoms with Crippen LogP contribution in [-0.4, -0.2) is 17.0 Å². The second kappa shape index (κ2) is 3.66. The third-order valence-electron chi connectivity index (χ3n) is 1.59. The van der Waals surface area contributed by atoms with Crippen LogP contribution in [0.25, 0.3) is 6.08 Å². The fourth-order valence-electron chi connectivity index (χ4n) is 1.01. The van der Waals surface area contributed by atoms with E-state index < -0.39 is 4.92 Å². The Balaban J connectivity index is 3.38. The Morgan fingerprint density at radius 2 is 2.46 bits per heavy atom. The van der Waals surface area contributed by atoms with Crippen molar-refractivity contribution in [2.24, 2.45) is 0 Å². The average molecular weight is 179 g/mol. The third-order valence-corrected chi connectivity index (χ3v) is 1.59. The van der Waals surface area contributed by atoms with Crippen LogP contribution in [0.15, 0.2) is 18.8 Å². The quantitative estimate of drug-likeness (QED) is 0.566. The summed E-state index contributed by atoms with van der Waals surface area (Å²) in [5.41, 5.74) is 0.421. The smallest absolute Gasteiger partial charge is 0.318 e. The number of nitro groups is 1. The van der Waals surface area contributed by atoms with Gasteiger partial charge in [-0.3, -0.25) is 10.1 Å². The maximum Gasteiger partial charge on any atom is 0.318 e. The molecule has 0 radical (unpaired) electrons. The number of anilines is 1. The number of aromatic nitrogens is 1. The number of hydrogen-bond acceptors (Lipinski definition) is 4. The van der Waals surface area contributed by atoms with Crippen LogP contribution in [-0.2, 0) is 0 Å². The Labute approximate surface area is 75.3 Å². The summed E-state index contributed by atoms with van der Waals surface area (Å²) in [5, 5.41) is 13.3. The lowest BCUT2D eigenvalue weighted by Crippen LogP contribution is -2.00. The molecule has 0 bridgehead atoms. The van der Waals surface area contributed by atoms with Crippen molar-refractivity contribution in [3.05, 3.63) is 34.5 Å². The fourth-order valence-corrected chi connectivity index (χ4v) is 1.01. The molecule has 1 heterocycles. The molecular formula is C8H9N3O2. The summed E-state index contributed by atoms with van der Waals surface area (Å²) >= 11 is 0. The molecule has 13 heavy (non-hydrogen) atoms. The number of nitrogens with one attached hydrogen (secondary N) is 1. The Bertz CT molecular complexity index is 349. The van der Waals surface area contributed by atoms with Crippen LogP contribution in [0.2, 0.25) is 0 Å². The molecule has 5 heteroatoms. The molecule has 0 aromatic carbocycles. The van der Waals surface area contributed by atoms with E-state index in [1.807, 2.05) is 0 Å². The van der Waals surface area contributed by atoms with Gasteiger partial charge in [0, 0.05) is 13.2 Å². The summed E-state index contributed by atoms with van der Waals surface area (Å²) in [6.07, 6.45) is 2.93. The first-order chi connectivity index (χ1) is 6.20. The molecule has 0 spiro atoms. The predicted octanol–water partition coefficient (Wildman–Crippen LogP) is 1.67. The first-order valence-electron chi connectivity index (χ1n) is 3.64. The van der Waals surface area contributed by atoms with Gasteiger partial charge in [-0.25, -0.2) is 4.98 Å². The summed E-state index contributed by atoms with van der Waals surface area (Å²) in [6, 6.07) is 1.55. The fraction of sp³-hybridized carbons (Fsp3) is 0.125. The van der Waals surface area contributed by atoms with Gasteiger partial charge in [0.05, 0.1) is 10.5 Å². The van der Waals surface area contributed by atoms with E-state index in [4.69, 9.17) is 0 Å². The summed E-state index contributed by atoms with van der Waals surface area (Å²) < 4.78 is 0. The molecule has 1 aromatic heterocycles. The standard InChI is InChI=1S/C8H9N3O2/c1-3-6-4-5-10-8(9-2)7(6)11(12)13/h3-5H,1H2,2H3,(H,9,10). The van der Waals surface area contributed by atoms with E-state index in [9.17, 15) is 10.1 Å². The van der Waals surface area contributed by atoms with Crippen LogP contribution >= 0.6 is 0 Å². The molecule has 0 atom stereocenters. The minimum atomic E-state index is -0.476. The highest BCUT2D eigenvalue weighted by Gasteiger charge is 2.17. The molecule has 0 saturated carbocycles. The van der Waals surface area contributed by atoms with Crippen molar-refractivity contribution in [2.45, 2.75) is 0 Å². The van der Waals surface area contributed by atoms with Gasteiger partial charge < -0.3 is 5.32 Å². The van der Waals surface area contributed by atoms with Crippen LogP contribution in [0.5, 0.6) is 0 Å². The second-order valence-electron chi connectivity index (χ2n) is 2.31. The van der Waals surface area contributed by atoms with Crippen molar-refractivity contribution >= 4 is 17.6 Å². The molecule has 1 rings (SSSR count). The lowest BCUT2D eigenvalue weighted by Gasteiger charge is -2.02. The van der Waals surface area contributed by atoms with Crippen LogP contribution in [0, 0.1) is 10.1 Å². The highest BCUT2D eigenvalue weighted by molar-refractivity contribution is 5.69. The maximum absolute atomic E-state index is 10.6. The van der Waals surface area contributed by atoms with Crippen molar-refractivity contribution in [2.75, 3.05) is 12.4 Å². The van der Waals surface area contributed by atoms with E-state index in [0.29, 0.717) is 5.56 Å². The van der Waals surface area contributed by atoms with Gasteiger partial charge in [-0.2, -0.15) is 0 Å². The van der Waals surface area contributed by atoms with Crippen LogP contribution in [0.4, 0.5) is 11.5 Å². The zero-order chi connectivity index (χ0) is 9.84. The SMILES string of the molecule is C=Cc1ccnc(NC)c1[N+](=O)[O-]. The molecule has 0 aliphatic carbocycles. The molecule has 1 aromatic rings. The number of pyridine rings is 1. The predicted molar refractivity (Wildman–Crippen MR) is 50.5 cm³/mol. The second-order valence-corrected chi connectivity index (χ2v) is 2.31. The molecule has 0 fully saturated rings. The van der Waals surface area contributed by atoms with Crippen LogP contribution in [0.1, 0.15) is 5.56 Å². The zero-order valence-corrected chi connectivity index (χ0v) is 7.15. The Morgan fingerprint density at radius 1 is 1.77 bits per heavy atom. The molecule has 1 N–H and O–H groups in total. The number of hydrogen-bond donors (Lipinski definition) is 1.